The first-order valence-electron chi connectivity index (χ1n) is 5.62. The van der Waals surface area contributed by atoms with Crippen LogP contribution in [0.15, 0.2) is 24.3 Å². The molecule has 0 atom stereocenters. The summed E-state index contributed by atoms with van der Waals surface area (Å²) in [7, 11) is 0. The van der Waals surface area contributed by atoms with E-state index in [2.05, 4.69) is 15.4 Å². The number of nitrogens with one attached hydrogen (secondary N) is 2. The monoisotopic (exact) mass is 290 g/mol. The van der Waals surface area contributed by atoms with Gasteiger partial charge in [0, 0.05) is 13.5 Å². The Labute approximate surface area is 113 Å². The highest BCUT2D eigenvalue weighted by molar-refractivity contribution is 5.83. The van der Waals surface area contributed by atoms with E-state index in [0.717, 1.165) is 12.1 Å². The lowest BCUT2D eigenvalue weighted by molar-refractivity contribution is -0.274. The summed E-state index contributed by atoms with van der Waals surface area (Å²) < 4.78 is 39.5. The second-order valence-electron chi connectivity index (χ2n) is 3.88. The van der Waals surface area contributed by atoms with E-state index >= 15 is 0 Å². The van der Waals surface area contributed by atoms with Gasteiger partial charge in [-0.25, -0.2) is 0 Å². The minimum atomic E-state index is -4.73. The summed E-state index contributed by atoms with van der Waals surface area (Å²) in [4.78, 5) is 21.9. The fraction of sp³-hybridized carbons (Fsp3) is 0.333. The topological polar surface area (TPSA) is 67.4 Å². The van der Waals surface area contributed by atoms with Gasteiger partial charge < -0.3 is 15.4 Å². The molecule has 0 bridgehead atoms. The maximum atomic E-state index is 11.9. The largest absolute Gasteiger partial charge is 0.573 e. The summed E-state index contributed by atoms with van der Waals surface area (Å²) in [6.45, 7) is 1.28. The molecule has 0 aromatic heterocycles. The van der Waals surface area contributed by atoms with Crippen LogP contribution in [0.2, 0.25) is 0 Å². The first-order chi connectivity index (χ1) is 9.26. The van der Waals surface area contributed by atoms with Crippen molar-refractivity contribution in [3.8, 4) is 5.75 Å². The zero-order valence-electron chi connectivity index (χ0n) is 10.6. The van der Waals surface area contributed by atoms with Gasteiger partial charge in [0.25, 0.3) is 0 Å². The van der Waals surface area contributed by atoms with E-state index in [4.69, 9.17) is 0 Å². The van der Waals surface area contributed by atoms with Crippen molar-refractivity contribution in [1.29, 1.82) is 0 Å². The van der Waals surface area contributed by atoms with Crippen LogP contribution in [0.5, 0.6) is 5.75 Å². The van der Waals surface area contributed by atoms with Crippen LogP contribution in [-0.2, 0) is 16.1 Å². The fourth-order valence-electron chi connectivity index (χ4n) is 1.28. The molecule has 1 rings (SSSR count). The Morgan fingerprint density at radius 3 is 2.25 bits per heavy atom. The molecule has 0 heterocycles. The molecule has 2 amide bonds. The fourth-order valence-corrected chi connectivity index (χ4v) is 1.28. The van der Waals surface area contributed by atoms with Crippen molar-refractivity contribution in [2.24, 2.45) is 0 Å². The number of ether oxygens (including phenoxy) is 1. The molecule has 0 aliphatic carbocycles. The Hall–Kier alpha value is -2.25. The molecule has 20 heavy (non-hydrogen) atoms. The zero-order chi connectivity index (χ0) is 15.2. The summed E-state index contributed by atoms with van der Waals surface area (Å²) in [6.07, 6.45) is -4.73. The maximum absolute atomic E-state index is 11.9. The summed E-state index contributed by atoms with van der Waals surface area (Å²) in [5, 5.41) is 4.83. The van der Waals surface area contributed by atoms with Crippen LogP contribution < -0.4 is 15.4 Å². The van der Waals surface area contributed by atoms with Gasteiger partial charge >= 0.3 is 6.36 Å². The predicted octanol–water partition coefficient (Wildman–Crippen LogP) is 1.34. The molecule has 8 heteroatoms. The molecular formula is C12H13F3N2O3. The average Bonchev–Trinajstić information content (AvgIpc) is 2.33. The lowest BCUT2D eigenvalue weighted by Crippen LogP contribution is -2.35. The number of benzene rings is 1. The molecular weight excluding hydrogens is 277 g/mol. The van der Waals surface area contributed by atoms with Gasteiger partial charge in [-0.05, 0) is 17.7 Å². The first kappa shape index (κ1) is 15.8. The average molecular weight is 290 g/mol. The van der Waals surface area contributed by atoms with Crippen LogP contribution in [0.25, 0.3) is 0 Å². The van der Waals surface area contributed by atoms with Crippen LogP contribution in [0.4, 0.5) is 13.2 Å². The second kappa shape index (κ2) is 6.78. The summed E-state index contributed by atoms with van der Waals surface area (Å²) in [5.41, 5.74) is 0.607. The van der Waals surface area contributed by atoms with Gasteiger partial charge in [-0.1, -0.05) is 12.1 Å². The van der Waals surface area contributed by atoms with E-state index in [1.807, 2.05) is 0 Å². The van der Waals surface area contributed by atoms with Crippen molar-refractivity contribution in [2.45, 2.75) is 19.8 Å². The molecule has 0 fully saturated rings. The molecule has 1 aromatic carbocycles. The van der Waals surface area contributed by atoms with Crippen molar-refractivity contribution in [3.05, 3.63) is 29.8 Å². The van der Waals surface area contributed by atoms with Gasteiger partial charge in [0.05, 0.1) is 6.54 Å². The van der Waals surface area contributed by atoms with Crippen molar-refractivity contribution < 1.29 is 27.5 Å². The Morgan fingerprint density at radius 2 is 1.75 bits per heavy atom. The number of amides is 2. The molecule has 0 aliphatic heterocycles. The van der Waals surface area contributed by atoms with Crippen LogP contribution in [0.3, 0.4) is 0 Å². The van der Waals surface area contributed by atoms with Gasteiger partial charge in [0.1, 0.15) is 5.75 Å². The van der Waals surface area contributed by atoms with Crippen molar-refractivity contribution in [2.75, 3.05) is 6.54 Å². The summed E-state index contributed by atoms with van der Waals surface area (Å²) >= 11 is 0. The summed E-state index contributed by atoms with van der Waals surface area (Å²) in [6, 6.07) is 5.12. The Morgan fingerprint density at radius 1 is 1.15 bits per heavy atom. The van der Waals surface area contributed by atoms with Crippen LogP contribution in [0, 0.1) is 0 Å². The van der Waals surface area contributed by atoms with E-state index in [0.29, 0.717) is 5.56 Å². The number of hydrogen-bond acceptors (Lipinski definition) is 3. The van der Waals surface area contributed by atoms with Crippen LogP contribution in [0.1, 0.15) is 12.5 Å². The number of carbonyl (C=O) groups excluding carboxylic acids is 2. The highest BCUT2D eigenvalue weighted by Gasteiger charge is 2.30. The quantitative estimate of drug-likeness (QED) is 0.860. The number of hydrogen-bond donors (Lipinski definition) is 2. The van der Waals surface area contributed by atoms with Crippen LogP contribution >= 0.6 is 0 Å². The lowest BCUT2D eigenvalue weighted by atomic mass is 10.2. The Balaban J connectivity index is 2.42. The third-order valence-electron chi connectivity index (χ3n) is 2.14. The number of carbonyl (C=O) groups is 2. The third-order valence-corrected chi connectivity index (χ3v) is 2.14. The van der Waals surface area contributed by atoms with Crippen LogP contribution in [-0.4, -0.2) is 24.7 Å². The molecule has 1 aromatic rings. The number of rotatable bonds is 5. The molecule has 0 saturated carbocycles. The van der Waals surface area contributed by atoms with Gasteiger partial charge in [0.15, 0.2) is 0 Å². The molecule has 2 N–H and O–H groups in total. The lowest BCUT2D eigenvalue weighted by Gasteiger charge is -2.10. The Bertz CT molecular complexity index is 472. The van der Waals surface area contributed by atoms with Crippen molar-refractivity contribution >= 4 is 11.8 Å². The molecule has 0 aliphatic rings. The minimum absolute atomic E-state index is 0.144. The first-order valence-corrected chi connectivity index (χ1v) is 5.62. The Kier molecular flexibility index (Phi) is 5.36. The SMILES string of the molecule is CC(=O)NCC(=O)NCc1ccc(OC(F)(F)F)cc1. The zero-order valence-corrected chi connectivity index (χ0v) is 10.6. The standard InChI is InChI=1S/C12H13F3N2O3/c1-8(18)16-7-11(19)17-6-9-2-4-10(5-3-9)20-12(13,14)15/h2-5H,6-7H2,1H3,(H,16,18)(H,17,19). The molecule has 0 unspecified atom stereocenters. The highest BCUT2D eigenvalue weighted by atomic mass is 19.4. The predicted molar refractivity (Wildman–Crippen MR) is 63.7 cm³/mol. The minimum Gasteiger partial charge on any atom is -0.406 e. The van der Waals surface area contributed by atoms with Crippen molar-refractivity contribution in [3.63, 3.8) is 0 Å². The van der Waals surface area contributed by atoms with E-state index in [1.54, 1.807) is 0 Å². The van der Waals surface area contributed by atoms with E-state index in [9.17, 15) is 22.8 Å². The molecule has 5 nitrogen and oxygen atoms in total. The maximum Gasteiger partial charge on any atom is 0.573 e. The normalized spacial score (nSPS) is 10.8. The smallest absolute Gasteiger partial charge is 0.406 e. The van der Waals surface area contributed by atoms with Gasteiger partial charge in [-0.3, -0.25) is 9.59 Å². The molecule has 0 radical (unpaired) electrons. The molecule has 0 spiro atoms. The molecule has 0 saturated heterocycles. The highest BCUT2D eigenvalue weighted by Crippen LogP contribution is 2.22. The van der Waals surface area contributed by atoms with Gasteiger partial charge in [-0.2, -0.15) is 0 Å². The molecule has 110 valence electrons. The van der Waals surface area contributed by atoms with E-state index in [-0.39, 0.29) is 24.7 Å². The van der Waals surface area contributed by atoms with Gasteiger partial charge in [0.2, 0.25) is 11.8 Å². The van der Waals surface area contributed by atoms with E-state index in [1.165, 1.54) is 19.1 Å². The number of halogens is 3. The van der Waals surface area contributed by atoms with Gasteiger partial charge in [-0.15, -0.1) is 13.2 Å². The second-order valence-corrected chi connectivity index (χ2v) is 3.88. The third kappa shape index (κ3) is 6.62. The van der Waals surface area contributed by atoms with Crippen molar-refractivity contribution in [1.82, 2.24) is 10.6 Å². The number of alkyl halides is 3. The van der Waals surface area contributed by atoms with E-state index < -0.39 is 12.3 Å². The summed E-state index contributed by atoms with van der Waals surface area (Å²) in [5.74, 6) is -1.05.